The number of amides is 2. The number of anilines is 1. The number of hydrogen-bond acceptors (Lipinski definition) is 3. The summed E-state index contributed by atoms with van der Waals surface area (Å²) in [6.07, 6.45) is 3.86. The van der Waals surface area contributed by atoms with Crippen LogP contribution in [0.2, 0.25) is 0 Å². The zero-order valence-corrected chi connectivity index (χ0v) is 11.3. The molecule has 0 radical (unpaired) electrons. The Labute approximate surface area is 118 Å². The van der Waals surface area contributed by atoms with E-state index < -0.39 is 0 Å². The molecule has 0 spiro atoms. The number of nitrogens with zero attached hydrogens (tertiary/aromatic N) is 1. The maximum atomic E-state index is 11.5. The number of nitrogens with one attached hydrogen (secondary N) is 2. The molecule has 5 nitrogen and oxygen atoms in total. The van der Waals surface area contributed by atoms with Gasteiger partial charge in [0.15, 0.2) is 0 Å². The van der Waals surface area contributed by atoms with Gasteiger partial charge in [-0.15, -0.1) is 0 Å². The fourth-order valence-corrected chi connectivity index (χ4v) is 1.53. The van der Waals surface area contributed by atoms with Crippen molar-refractivity contribution in [3.05, 3.63) is 42.0 Å². The maximum Gasteiger partial charge on any atom is 0.243 e. The third-order valence-corrected chi connectivity index (χ3v) is 2.49. The molecule has 1 aromatic carbocycles. The van der Waals surface area contributed by atoms with Crippen molar-refractivity contribution in [1.82, 2.24) is 5.32 Å². The molecule has 20 heavy (non-hydrogen) atoms. The van der Waals surface area contributed by atoms with Crippen LogP contribution < -0.4 is 10.6 Å². The molecule has 0 saturated heterocycles. The molecular formula is C15H17N3O2. The molecule has 1 aromatic rings. The molecule has 0 unspecified atom stereocenters. The van der Waals surface area contributed by atoms with E-state index in [1.165, 1.54) is 6.08 Å². The number of benzene rings is 1. The molecule has 5 heteroatoms. The van der Waals surface area contributed by atoms with Crippen molar-refractivity contribution in [1.29, 1.82) is 5.26 Å². The monoisotopic (exact) mass is 271 g/mol. The summed E-state index contributed by atoms with van der Waals surface area (Å²) in [5, 5.41) is 13.9. The van der Waals surface area contributed by atoms with Gasteiger partial charge in [-0.1, -0.05) is 31.2 Å². The Morgan fingerprint density at radius 1 is 1.35 bits per heavy atom. The third kappa shape index (κ3) is 5.36. The predicted octanol–water partition coefficient (Wildman–Crippen LogP) is 2.12. The number of carbonyl (C=O) groups excluding carboxylic acids is 2. The van der Waals surface area contributed by atoms with Crippen LogP contribution >= 0.6 is 0 Å². The standard InChI is InChI=1S/C15H17N3O2/c1-2-3-8-14(19)17-11-12-6-4-5-7-13(12)18-15(20)9-10-16/h3-8H,2,9,11H2,1H3,(H,17,19)(H,18,20)/b8-3+. The van der Waals surface area contributed by atoms with Gasteiger partial charge in [-0.05, 0) is 24.1 Å². The highest BCUT2D eigenvalue weighted by Crippen LogP contribution is 2.14. The molecule has 0 aliphatic carbocycles. The second kappa shape index (κ2) is 8.48. The molecule has 0 fully saturated rings. The van der Waals surface area contributed by atoms with Crippen LogP contribution in [0.1, 0.15) is 25.3 Å². The molecule has 1 rings (SSSR count). The van der Waals surface area contributed by atoms with Crippen LogP contribution in [0.4, 0.5) is 5.69 Å². The first-order valence-electron chi connectivity index (χ1n) is 6.36. The van der Waals surface area contributed by atoms with Crippen LogP contribution in [0.5, 0.6) is 0 Å². The molecule has 104 valence electrons. The minimum atomic E-state index is -0.364. The SMILES string of the molecule is CC/C=C/C(=O)NCc1ccccc1NC(=O)CC#N. The Morgan fingerprint density at radius 2 is 2.10 bits per heavy atom. The number of nitriles is 1. The van der Waals surface area contributed by atoms with E-state index in [4.69, 9.17) is 5.26 Å². The van der Waals surface area contributed by atoms with Crippen LogP contribution in [0.15, 0.2) is 36.4 Å². The van der Waals surface area contributed by atoms with Crippen molar-refractivity contribution >= 4 is 17.5 Å². The molecule has 0 aliphatic rings. The van der Waals surface area contributed by atoms with Gasteiger partial charge in [0.1, 0.15) is 6.42 Å². The lowest BCUT2D eigenvalue weighted by Gasteiger charge is -2.10. The molecule has 0 saturated carbocycles. The maximum absolute atomic E-state index is 11.5. The van der Waals surface area contributed by atoms with E-state index in [0.29, 0.717) is 12.2 Å². The minimum Gasteiger partial charge on any atom is -0.348 e. The predicted molar refractivity (Wildman–Crippen MR) is 76.6 cm³/mol. The quantitative estimate of drug-likeness (QED) is 0.777. The Morgan fingerprint density at radius 3 is 2.80 bits per heavy atom. The topological polar surface area (TPSA) is 82.0 Å². The minimum absolute atomic E-state index is 0.176. The average Bonchev–Trinajstić information content (AvgIpc) is 2.44. The Kier molecular flexibility index (Phi) is 6.55. The summed E-state index contributed by atoms with van der Waals surface area (Å²) < 4.78 is 0. The van der Waals surface area contributed by atoms with Gasteiger partial charge in [-0.25, -0.2) is 0 Å². The highest BCUT2D eigenvalue weighted by molar-refractivity contribution is 5.93. The summed E-state index contributed by atoms with van der Waals surface area (Å²) in [6, 6.07) is 8.94. The van der Waals surface area contributed by atoms with Gasteiger partial charge in [0.05, 0.1) is 6.07 Å². The van der Waals surface area contributed by atoms with Gasteiger partial charge in [0.2, 0.25) is 11.8 Å². The van der Waals surface area contributed by atoms with E-state index in [1.54, 1.807) is 24.3 Å². The van der Waals surface area contributed by atoms with Gasteiger partial charge >= 0.3 is 0 Å². The summed E-state index contributed by atoms with van der Waals surface area (Å²) in [4.78, 5) is 22.9. The highest BCUT2D eigenvalue weighted by Gasteiger charge is 2.06. The van der Waals surface area contributed by atoms with E-state index in [9.17, 15) is 9.59 Å². The average molecular weight is 271 g/mol. The van der Waals surface area contributed by atoms with Crippen molar-refractivity contribution in [2.24, 2.45) is 0 Å². The van der Waals surface area contributed by atoms with Gasteiger partial charge in [0.25, 0.3) is 0 Å². The van der Waals surface area contributed by atoms with Crippen molar-refractivity contribution in [3.63, 3.8) is 0 Å². The normalized spacial score (nSPS) is 10.0. The van der Waals surface area contributed by atoms with E-state index >= 15 is 0 Å². The Hall–Kier alpha value is -2.61. The number of rotatable bonds is 6. The molecule has 0 aromatic heterocycles. The second-order valence-corrected chi connectivity index (χ2v) is 4.07. The molecule has 0 aliphatic heterocycles. The van der Waals surface area contributed by atoms with E-state index in [2.05, 4.69) is 10.6 Å². The first kappa shape index (κ1) is 15.4. The zero-order valence-electron chi connectivity index (χ0n) is 11.3. The second-order valence-electron chi connectivity index (χ2n) is 4.07. The van der Waals surface area contributed by atoms with Crippen LogP contribution in [-0.2, 0) is 16.1 Å². The van der Waals surface area contributed by atoms with Gasteiger partial charge in [-0.2, -0.15) is 5.26 Å². The van der Waals surface area contributed by atoms with Crippen molar-refractivity contribution < 1.29 is 9.59 Å². The Bertz CT molecular complexity index is 544. The number of para-hydroxylation sites is 1. The zero-order chi connectivity index (χ0) is 14.8. The van der Waals surface area contributed by atoms with Crippen LogP contribution in [0.3, 0.4) is 0 Å². The molecule has 2 N–H and O–H groups in total. The summed E-state index contributed by atoms with van der Waals surface area (Å²) in [5.41, 5.74) is 1.39. The summed E-state index contributed by atoms with van der Waals surface area (Å²) >= 11 is 0. The first-order valence-corrected chi connectivity index (χ1v) is 6.36. The van der Waals surface area contributed by atoms with Crippen molar-refractivity contribution in [2.45, 2.75) is 26.3 Å². The van der Waals surface area contributed by atoms with E-state index in [0.717, 1.165) is 12.0 Å². The molecule has 0 bridgehead atoms. The van der Waals surface area contributed by atoms with Crippen LogP contribution in [-0.4, -0.2) is 11.8 Å². The molecule has 0 atom stereocenters. The fourth-order valence-electron chi connectivity index (χ4n) is 1.53. The highest BCUT2D eigenvalue weighted by atomic mass is 16.2. The lowest BCUT2D eigenvalue weighted by atomic mass is 10.1. The fraction of sp³-hybridized carbons (Fsp3) is 0.267. The summed E-state index contributed by atoms with van der Waals surface area (Å²) in [6.45, 7) is 2.26. The smallest absolute Gasteiger partial charge is 0.243 e. The van der Waals surface area contributed by atoms with Gasteiger partial charge in [-0.3, -0.25) is 9.59 Å². The van der Waals surface area contributed by atoms with E-state index in [1.807, 2.05) is 19.1 Å². The molecule has 2 amide bonds. The lowest BCUT2D eigenvalue weighted by Crippen LogP contribution is -2.21. The molecule has 0 heterocycles. The Balaban J connectivity index is 2.66. The van der Waals surface area contributed by atoms with Crippen LogP contribution in [0, 0.1) is 11.3 Å². The van der Waals surface area contributed by atoms with E-state index in [-0.39, 0.29) is 18.2 Å². The first-order chi connectivity index (χ1) is 9.67. The third-order valence-electron chi connectivity index (χ3n) is 2.49. The number of carbonyl (C=O) groups is 2. The summed E-state index contributed by atoms with van der Waals surface area (Å²) in [7, 11) is 0. The van der Waals surface area contributed by atoms with Gasteiger partial charge in [0, 0.05) is 12.2 Å². The van der Waals surface area contributed by atoms with Crippen LogP contribution in [0.25, 0.3) is 0 Å². The summed E-state index contributed by atoms with van der Waals surface area (Å²) in [5.74, 6) is -0.540. The van der Waals surface area contributed by atoms with Crippen molar-refractivity contribution in [3.8, 4) is 6.07 Å². The number of hydrogen-bond donors (Lipinski definition) is 2. The van der Waals surface area contributed by atoms with Gasteiger partial charge < -0.3 is 10.6 Å². The molecular weight excluding hydrogens is 254 g/mol. The largest absolute Gasteiger partial charge is 0.348 e. The van der Waals surface area contributed by atoms with Crippen molar-refractivity contribution in [2.75, 3.05) is 5.32 Å². The number of allylic oxidation sites excluding steroid dienone is 1. The lowest BCUT2D eigenvalue weighted by molar-refractivity contribution is -0.116.